The van der Waals surface area contributed by atoms with Crippen LogP contribution in [0.15, 0.2) is 4.99 Å². The first-order chi connectivity index (χ1) is 12.2. The lowest BCUT2D eigenvalue weighted by Crippen LogP contribution is -2.53. The summed E-state index contributed by atoms with van der Waals surface area (Å²) in [5.41, 5.74) is 0. The molecule has 25 heavy (non-hydrogen) atoms. The molecule has 5 nitrogen and oxygen atoms in total. The highest BCUT2D eigenvalue weighted by Gasteiger charge is 2.38. The first-order valence-electron chi connectivity index (χ1n) is 10.1. The summed E-state index contributed by atoms with van der Waals surface area (Å²) in [6.45, 7) is 2.83. The molecule has 0 aromatic carbocycles. The average Bonchev–Trinajstić information content (AvgIpc) is 3.12. The first kappa shape index (κ1) is 18.9. The zero-order valence-electron chi connectivity index (χ0n) is 15.7. The van der Waals surface area contributed by atoms with E-state index in [1.807, 2.05) is 7.05 Å². The molecule has 1 heterocycles. The molecule has 3 fully saturated rings. The molecule has 142 valence electrons. The fourth-order valence-electron chi connectivity index (χ4n) is 4.51. The maximum absolute atomic E-state index is 12.1. The summed E-state index contributed by atoms with van der Waals surface area (Å²) in [7, 11) is 1.86. The van der Waals surface area contributed by atoms with Crippen LogP contribution in [0.25, 0.3) is 0 Å². The molecule has 1 amide bonds. The third kappa shape index (κ3) is 5.28. The molecule has 1 aliphatic heterocycles. The summed E-state index contributed by atoms with van der Waals surface area (Å²) in [6, 6.07) is 0.414. The van der Waals surface area contributed by atoms with Gasteiger partial charge >= 0.3 is 0 Å². The van der Waals surface area contributed by atoms with E-state index in [9.17, 15) is 4.79 Å². The Morgan fingerprint density at radius 3 is 2.68 bits per heavy atom. The van der Waals surface area contributed by atoms with Gasteiger partial charge in [-0.1, -0.05) is 32.1 Å². The molecule has 1 spiro atoms. The minimum Gasteiger partial charge on any atom is -0.356 e. The Morgan fingerprint density at radius 1 is 1.20 bits per heavy atom. The van der Waals surface area contributed by atoms with Gasteiger partial charge in [0.25, 0.3) is 0 Å². The topological polar surface area (TPSA) is 56.7 Å². The number of thioether (sulfide) groups is 1. The summed E-state index contributed by atoms with van der Waals surface area (Å²) in [6.07, 6.45) is 12.2. The van der Waals surface area contributed by atoms with Crippen molar-refractivity contribution in [2.24, 2.45) is 4.99 Å². The van der Waals surface area contributed by atoms with Crippen LogP contribution in [0.2, 0.25) is 0 Å². The highest BCUT2D eigenvalue weighted by atomic mass is 32.2. The smallest absolute Gasteiger partial charge is 0.221 e. The van der Waals surface area contributed by atoms with Crippen LogP contribution in [0, 0.1) is 0 Å². The van der Waals surface area contributed by atoms with Gasteiger partial charge in [-0.25, -0.2) is 0 Å². The maximum atomic E-state index is 12.1. The largest absolute Gasteiger partial charge is 0.356 e. The summed E-state index contributed by atoms with van der Waals surface area (Å²) in [5.74, 6) is 2.33. The van der Waals surface area contributed by atoms with E-state index < -0.39 is 0 Å². The second-order valence-corrected chi connectivity index (χ2v) is 9.35. The van der Waals surface area contributed by atoms with Crippen LogP contribution in [-0.4, -0.2) is 60.0 Å². The van der Waals surface area contributed by atoms with Crippen LogP contribution in [0.4, 0.5) is 0 Å². The lowest BCUT2D eigenvalue weighted by atomic mass is 9.87. The van der Waals surface area contributed by atoms with E-state index in [0.717, 1.165) is 31.9 Å². The molecular weight excluding hydrogens is 332 g/mol. The van der Waals surface area contributed by atoms with Crippen molar-refractivity contribution in [3.63, 3.8) is 0 Å². The van der Waals surface area contributed by atoms with E-state index in [0.29, 0.717) is 23.8 Å². The van der Waals surface area contributed by atoms with E-state index in [1.165, 1.54) is 50.7 Å². The zero-order chi connectivity index (χ0) is 17.5. The van der Waals surface area contributed by atoms with Gasteiger partial charge in [-0.05, 0) is 25.7 Å². The summed E-state index contributed by atoms with van der Waals surface area (Å²) >= 11 is 2.18. The van der Waals surface area contributed by atoms with Gasteiger partial charge in [0.15, 0.2) is 5.96 Å². The Kier molecular flexibility index (Phi) is 6.91. The van der Waals surface area contributed by atoms with Gasteiger partial charge in [-0.3, -0.25) is 9.79 Å². The fraction of sp³-hybridized carbons (Fsp3) is 0.895. The average molecular weight is 367 g/mol. The number of hydrogen-bond acceptors (Lipinski definition) is 3. The normalized spacial score (nSPS) is 24.5. The number of carbonyl (C=O) groups excluding carboxylic acids is 1. The van der Waals surface area contributed by atoms with Gasteiger partial charge in [0.05, 0.1) is 0 Å². The van der Waals surface area contributed by atoms with Crippen molar-refractivity contribution in [2.45, 2.75) is 75.0 Å². The minimum atomic E-state index is 0.174. The number of nitrogens with one attached hydrogen (secondary N) is 2. The molecule has 0 radical (unpaired) electrons. The second-order valence-electron chi connectivity index (χ2n) is 7.79. The van der Waals surface area contributed by atoms with Gasteiger partial charge in [-0.15, -0.1) is 0 Å². The third-order valence-electron chi connectivity index (χ3n) is 5.88. The highest BCUT2D eigenvalue weighted by molar-refractivity contribution is 8.00. The maximum Gasteiger partial charge on any atom is 0.221 e. The van der Waals surface area contributed by atoms with Gasteiger partial charge in [0.2, 0.25) is 5.91 Å². The number of hydrogen-bond donors (Lipinski definition) is 2. The second kappa shape index (κ2) is 9.15. The Hall–Kier alpha value is -0.910. The van der Waals surface area contributed by atoms with Crippen LogP contribution in [0.3, 0.4) is 0 Å². The van der Waals surface area contributed by atoms with Crippen molar-refractivity contribution in [3.8, 4) is 0 Å². The zero-order valence-corrected chi connectivity index (χ0v) is 16.5. The SMILES string of the molecule is CN=C(NCCC(=O)NC1CCCC1)N1CCSC2(CCCCC2)C1. The third-order valence-corrected chi connectivity index (χ3v) is 7.42. The Morgan fingerprint density at radius 2 is 1.96 bits per heavy atom. The van der Waals surface area contributed by atoms with Crippen molar-refractivity contribution >= 4 is 23.6 Å². The molecule has 3 aliphatic rings. The minimum absolute atomic E-state index is 0.174. The first-order valence-corrected chi connectivity index (χ1v) is 11.1. The number of amides is 1. The molecule has 1 saturated heterocycles. The lowest BCUT2D eigenvalue weighted by molar-refractivity contribution is -0.121. The summed E-state index contributed by atoms with van der Waals surface area (Å²) < 4.78 is 0.438. The van der Waals surface area contributed by atoms with Gasteiger partial charge in [-0.2, -0.15) is 11.8 Å². The highest BCUT2D eigenvalue weighted by Crippen LogP contribution is 2.42. The van der Waals surface area contributed by atoms with E-state index in [-0.39, 0.29) is 5.91 Å². The molecule has 0 aromatic heterocycles. The number of carbonyl (C=O) groups is 1. The van der Waals surface area contributed by atoms with Crippen molar-refractivity contribution in [3.05, 3.63) is 0 Å². The fourth-order valence-corrected chi connectivity index (χ4v) is 6.08. The molecule has 0 unspecified atom stereocenters. The Bertz CT molecular complexity index is 465. The van der Waals surface area contributed by atoms with E-state index in [4.69, 9.17) is 0 Å². The predicted molar refractivity (Wildman–Crippen MR) is 106 cm³/mol. The molecule has 3 rings (SSSR count). The van der Waals surface area contributed by atoms with Gasteiger partial charge < -0.3 is 15.5 Å². The summed E-state index contributed by atoms with van der Waals surface area (Å²) in [4.78, 5) is 19.0. The standard InChI is InChI=1S/C19H34N4OS/c1-20-18(21-12-9-17(24)22-16-7-3-4-8-16)23-13-14-25-19(15-23)10-5-2-6-11-19/h16H,2-15H2,1H3,(H,20,21)(H,22,24). The van der Waals surface area contributed by atoms with Crippen LogP contribution >= 0.6 is 11.8 Å². The van der Waals surface area contributed by atoms with Crippen molar-refractivity contribution in [2.75, 3.05) is 32.4 Å². The van der Waals surface area contributed by atoms with E-state index in [1.54, 1.807) is 0 Å². The van der Waals surface area contributed by atoms with E-state index >= 15 is 0 Å². The lowest BCUT2D eigenvalue weighted by Gasteiger charge is -2.45. The van der Waals surface area contributed by atoms with Crippen molar-refractivity contribution in [1.29, 1.82) is 0 Å². The van der Waals surface area contributed by atoms with Gasteiger partial charge in [0.1, 0.15) is 0 Å². The molecular formula is C19H34N4OS. The molecule has 0 bridgehead atoms. The van der Waals surface area contributed by atoms with Gasteiger partial charge in [0, 0.05) is 49.6 Å². The molecule has 0 atom stereocenters. The quantitative estimate of drug-likeness (QED) is 0.593. The number of rotatable bonds is 4. The van der Waals surface area contributed by atoms with Crippen LogP contribution < -0.4 is 10.6 Å². The summed E-state index contributed by atoms with van der Waals surface area (Å²) in [5, 5.41) is 6.58. The number of nitrogens with zero attached hydrogens (tertiary/aromatic N) is 2. The molecule has 6 heteroatoms. The Labute approximate surface area is 156 Å². The van der Waals surface area contributed by atoms with Crippen molar-refractivity contribution < 1.29 is 4.79 Å². The van der Waals surface area contributed by atoms with Crippen LogP contribution in [-0.2, 0) is 4.79 Å². The molecule has 0 aromatic rings. The molecule has 2 aliphatic carbocycles. The number of guanidine groups is 1. The monoisotopic (exact) mass is 366 g/mol. The molecule has 2 saturated carbocycles. The van der Waals surface area contributed by atoms with Crippen LogP contribution in [0.5, 0.6) is 0 Å². The van der Waals surface area contributed by atoms with Crippen molar-refractivity contribution in [1.82, 2.24) is 15.5 Å². The predicted octanol–water partition coefficient (Wildman–Crippen LogP) is 2.76. The van der Waals surface area contributed by atoms with E-state index in [2.05, 4.69) is 32.3 Å². The molecule has 2 N–H and O–H groups in total. The Balaban J connectivity index is 1.43. The van der Waals surface area contributed by atoms with Crippen LogP contribution in [0.1, 0.15) is 64.2 Å². The number of aliphatic imine (C=N–C) groups is 1.